The number of alkyl halides is 2. The molecule has 7 nitrogen and oxygen atoms in total. The third kappa shape index (κ3) is 3.69. The van der Waals surface area contributed by atoms with Gasteiger partial charge in [0.25, 0.3) is 5.91 Å². The highest BCUT2D eigenvalue weighted by atomic mass is 35.5. The maximum absolute atomic E-state index is 13.5. The highest BCUT2D eigenvalue weighted by Crippen LogP contribution is 2.51. The lowest BCUT2D eigenvalue weighted by molar-refractivity contribution is -0.117. The zero-order valence-corrected chi connectivity index (χ0v) is 17.8. The number of benzene rings is 1. The minimum Gasteiger partial charge on any atom is -0.340 e. The number of piperidine rings is 1. The number of para-hydroxylation sites is 1. The van der Waals surface area contributed by atoms with E-state index in [1.165, 1.54) is 0 Å². The topological polar surface area (TPSA) is 72.2 Å². The summed E-state index contributed by atoms with van der Waals surface area (Å²) in [6.45, 7) is 1.26. The maximum atomic E-state index is 13.5. The molecule has 1 aliphatic heterocycles. The van der Waals surface area contributed by atoms with Gasteiger partial charge in [0.15, 0.2) is 5.13 Å². The van der Waals surface area contributed by atoms with E-state index in [1.54, 1.807) is 12.4 Å². The van der Waals surface area contributed by atoms with Crippen molar-refractivity contribution < 1.29 is 14.0 Å². The molecule has 3 aromatic rings. The van der Waals surface area contributed by atoms with Gasteiger partial charge in [-0.1, -0.05) is 29.8 Å². The molecule has 1 N–H and O–H groups in total. The van der Waals surface area contributed by atoms with Gasteiger partial charge in [0.2, 0.25) is 5.91 Å². The van der Waals surface area contributed by atoms with Gasteiger partial charge >= 0.3 is 0 Å². The Balaban J connectivity index is 1.20. The number of hydrogen-bond acceptors (Lipinski definition) is 3. The van der Waals surface area contributed by atoms with Gasteiger partial charge in [-0.3, -0.25) is 14.3 Å². The minimum absolute atomic E-state index is 0.0331. The molecule has 3 heterocycles. The first-order valence-corrected chi connectivity index (χ1v) is 10.8. The fraction of sp³-hybridized carbons (Fsp3) is 0.409. The van der Waals surface area contributed by atoms with Crippen LogP contribution in [-0.2, 0) is 11.8 Å². The molecule has 2 amide bonds. The largest absolute Gasteiger partial charge is 0.340 e. The molecule has 2 fully saturated rings. The zero-order valence-electron chi connectivity index (χ0n) is 17.1. The number of aryl methyl sites for hydroxylation is 1. The monoisotopic (exact) mass is 443 g/mol. The van der Waals surface area contributed by atoms with Crippen LogP contribution in [0.15, 0.2) is 42.7 Å². The number of anilines is 1. The molecule has 1 aliphatic carbocycles. The summed E-state index contributed by atoms with van der Waals surface area (Å²) in [7, 11) is 1.92. The number of hydrogen-bond donors (Lipinski definition) is 1. The Hall–Kier alpha value is -2.87. The van der Waals surface area contributed by atoms with Crippen LogP contribution in [0.5, 0.6) is 0 Å². The molecule has 31 heavy (non-hydrogen) atoms. The Morgan fingerprint density at radius 3 is 2.65 bits per heavy atom. The van der Waals surface area contributed by atoms with E-state index in [-0.39, 0.29) is 18.4 Å². The summed E-state index contributed by atoms with van der Waals surface area (Å²) in [5, 5.41) is 6.16. The van der Waals surface area contributed by atoms with Gasteiger partial charge in [0.05, 0.1) is 23.8 Å². The summed E-state index contributed by atoms with van der Waals surface area (Å²) in [5.41, 5.74) is 2.25. The lowest BCUT2D eigenvalue weighted by Gasteiger charge is -2.32. The number of rotatable bonds is 4. The number of carbonyl (C=O) groups is 2. The highest BCUT2D eigenvalue weighted by molar-refractivity contribution is 6.27. The van der Waals surface area contributed by atoms with Crippen molar-refractivity contribution in [3.05, 3.63) is 48.4 Å². The summed E-state index contributed by atoms with van der Waals surface area (Å²) in [4.78, 5) is 27.0. The fourth-order valence-electron chi connectivity index (χ4n) is 4.32. The van der Waals surface area contributed by atoms with Crippen LogP contribution in [0.25, 0.3) is 10.9 Å². The normalized spacial score (nSPS) is 23.8. The Labute approximate surface area is 183 Å². The minimum atomic E-state index is -1.91. The molecule has 0 spiro atoms. The molecular weight excluding hydrogens is 421 g/mol. The van der Waals surface area contributed by atoms with Crippen LogP contribution in [0, 0.1) is 5.92 Å². The van der Waals surface area contributed by atoms with Crippen LogP contribution in [0.2, 0.25) is 0 Å². The Bertz CT molecular complexity index is 1160. The fourth-order valence-corrected chi connectivity index (χ4v) is 4.57. The lowest BCUT2D eigenvalue weighted by Crippen LogP contribution is -2.39. The Kier molecular flexibility index (Phi) is 4.77. The van der Waals surface area contributed by atoms with E-state index < -0.39 is 17.0 Å². The van der Waals surface area contributed by atoms with Crippen LogP contribution >= 0.6 is 11.6 Å². The van der Waals surface area contributed by atoms with E-state index in [1.807, 2.05) is 51.5 Å². The predicted molar refractivity (Wildman–Crippen MR) is 116 cm³/mol. The van der Waals surface area contributed by atoms with Gasteiger partial charge < -0.3 is 14.8 Å². The first-order valence-electron chi connectivity index (χ1n) is 10.4. The molecule has 9 heteroatoms. The third-order valence-electron chi connectivity index (χ3n) is 6.31. The highest BCUT2D eigenvalue weighted by Gasteiger charge is 2.58. The quantitative estimate of drug-likeness (QED) is 0.625. The van der Waals surface area contributed by atoms with Crippen LogP contribution < -0.4 is 5.32 Å². The molecule has 2 aliphatic rings. The van der Waals surface area contributed by atoms with Crippen LogP contribution in [-0.4, -0.2) is 49.3 Å². The molecule has 0 bridgehead atoms. The van der Waals surface area contributed by atoms with Crippen molar-refractivity contribution in [2.24, 2.45) is 13.0 Å². The van der Waals surface area contributed by atoms with E-state index in [9.17, 15) is 14.0 Å². The zero-order chi connectivity index (χ0) is 21.8. The molecule has 2 aromatic heterocycles. The van der Waals surface area contributed by atoms with Gasteiger partial charge in [-0.25, -0.2) is 4.39 Å². The second-order valence-corrected chi connectivity index (χ2v) is 9.02. The molecule has 2 atom stereocenters. The molecule has 1 saturated carbocycles. The molecular formula is C22H23ClFN5O2. The SMILES string of the molecule is Cn1c(C(=O)N2CCC(n3cc(NC(=O)C4CC4(F)Cl)cn3)CC2)cc2ccccc21. The first kappa shape index (κ1) is 20.1. The number of halogens is 2. The van der Waals surface area contributed by atoms with Crippen molar-refractivity contribution in [1.29, 1.82) is 0 Å². The molecule has 5 rings (SSSR count). The Morgan fingerprint density at radius 1 is 1.26 bits per heavy atom. The van der Waals surface area contributed by atoms with E-state index >= 15 is 0 Å². The van der Waals surface area contributed by atoms with E-state index in [0.717, 1.165) is 23.7 Å². The van der Waals surface area contributed by atoms with E-state index in [2.05, 4.69) is 10.4 Å². The first-order chi connectivity index (χ1) is 14.8. The number of fused-ring (bicyclic) bond motifs is 1. The number of carbonyl (C=O) groups excluding carboxylic acids is 2. The van der Waals surface area contributed by atoms with Crippen molar-refractivity contribution in [3.63, 3.8) is 0 Å². The average Bonchev–Trinajstić information content (AvgIpc) is 3.07. The van der Waals surface area contributed by atoms with Crippen molar-refractivity contribution in [2.75, 3.05) is 18.4 Å². The molecule has 0 radical (unpaired) electrons. The molecule has 1 aromatic carbocycles. The standard InChI is InChI=1S/C22H23ClFN5O2/c1-27-18-5-3-2-4-14(18)10-19(27)21(31)28-8-6-16(7-9-28)29-13-15(12-25-29)26-20(30)17-11-22(17,23)24/h2-5,10,12-13,16-17H,6-9,11H2,1H3,(H,26,30). The van der Waals surface area contributed by atoms with Gasteiger partial charge in [0.1, 0.15) is 5.69 Å². The summed E-state index contributed by atoms with van der Waals surface area (Å²) in [6, 6.07) is 10.0. The van der Waals surface area contributed by atoms with Crippen LogP contribution in [0.4, 0.5) is 10.1 Å². The molecule has 2 unspecified atom stereocenters. The average molecular weight is 444 g/mol. The summed E-state index contributed by atoms with van der Waals surface area (Å²) in [5.74, 6) is -1.20. The summed E-state index contributed by atoms with van der Waals surface area (Å²) in [6.07, 6.45) is 4.88. The second kappa shape index (κ2) is 7.37. The van der Waals surface area contributed by atoms with Gasteiger partial charge in [-0.2, -0.15) is 5.10 Å². The lowest BCUT2D eigenvalue weighted by atomic mass is 10.0. The third-order valence-corrected chi connectivity index (χ3v) is 6.73. The molecule has 1 saturated heterocycles. The van der Waals surface area contributed by atoms with Crippen LogP contribution in [0.1, 0.15) is 35.8 Å². The number of nitrogens with one attached hydrogen (secondary N) is 1. The number of aromatic nitrogens is 3. The predicted octanol–water partition coefficient (Wildman–Crippen LogP) is 3.72. The number of likely N-dealkylation sites (tertiary alicyclic amines) is 1. The van der Waals surface area contributed by atoms with Gasteiger partial charge in [-0.05, 0) is 25.0 Å². The number of nitrogens with zero attached hydrogens (tertiary/aromatic N) is 4. The maximum Gasteiger partial charge on any atom is 0.270 e. The van der Waals surface area contributed by atoms with Gasteiger partial charge in [-0.15, -0.1) is 0 Å². The Morgan fingerprint density at radius 2 is 1.97 bits per heavy atom. The second-order valence-electron chi connectivity index (χ2n) is 8.39. The smallest absolute Gasteiger partial charge is 0.270 e. The summed E-state index contributed by atoms with van der Waals surface area (Å²) >= 11 is 5.53. The number of amides is 2. The van der Waals surface area contributed by atoms with Crippen molar-refractivity contribution >= 4 is 40.0 Å². The van der Waals surface area contributed by atoms with Crippen molar-refractivity contribution in [3.8, 4) is 0 Å². The van der Waals surface area contributed by atoms with E-state index in [0.29, 0.717) is 24.5 Å². The molecule has 162 valence electrons. The van der Waals surface area contributed by atoms with Crippen molar-refractivity contribution in [1.82, 2.24) is 19.2 Å². The van der Waals surface area contributed by atoms with Crippen molar-refractivity contribution in [2.45, 2.75) is 30.4 Å². The summed E-state index contributed by atoms with van der Waals surface area (Å²) < 4.78 is 17.2. The van der Waals surface area contributed by atoms with Crippen LogP contribution in [0.3, 0.4) is 0 Å². The van der Waals surface area contributed by atoms with Gasteiger partial charge in [0, 0.05) is 43.7 Å². The van der Waals surface area contributed by atoms with E-state index in [4.69, 9.17) is 11.6 Å².